The Morgan fingerprint density at radius 1 is 0.926 bits per heavy atom. The molecule has 0 unspecified atom stereocenters. The van der Waals surface area contributed by atoms with Crippen molar-refractivity contribution in [3.63, 3.8) is 0 Å². The molecule has 1 heterocycles. The Labute approximate surface area is 154 Å². The lowest BCUT2D eigenvalue weighted by Crippen LogP contribution is -2.08. The minimum absolute atomic E-state index is 0.0262. The molecule has 0 saturated heterocycles. The third-order valence-electron chi connectivity index (χ3n) is 4.02. The highest BCUT2D eigenvalue weighted by atomic mass is 32.2. The Morgan fingerprint density at radius 3 is 2.04 bits per heavy atom. The van der Waals surface area contributed by atoms with Crippen molar-refractivity contribution < 1.29 is 40.5 Å². The fourth-order valence-electron chi connectivity index (χ4n) is 2.82. The summed E-state index contributed by atoms with van der Waals surface area (Å²) in [5, 5.41) is 0. The summed E-state index contributed by atoms with van der Waals surface area (Å²) >= 11 is 0. The van der Waals surface area contributed by atoms with E-state index in [9.17, 15) is 31.0 Å². The highest BCUT2D eigenvalue weighted by Gasteiger charge is 2.39. The van der Waals surface area contributed by atoms with E-state index in [4.69, 9.17) is 0 Å². The molecule has 9 nitrogen and oxygen atoms in total. The van der Waals surface area contributed by atoms with E-state index in [-0.39, 0.29) is 27.1 Å². The second-order valence-corrected chi connectivity index (χ2v) is 8.80. The second-order valence-electron chi connectivity index (χ2n) is 5.52. The molecule has 1 aliphatic rings. The van der Waals surface area contributed by atoms with E-state index in [0.717, 1.165) is 32.4 Å². The van der Waals surface area contributed by atoms with Gasteiger partial charge in [0.25, 0.3) is 10.1 Å². The molecule has 0 aliphatic carbocycles. The maximum absolute atomic E-state index is 12.9. The molecule has 11 heteroatoms. The molecule has 0 radical (unpaired) electrons. The third kappa shape index (κ3) is 2.89. The Balaban J connectivity index is 2.43. The van der Waals surface area contributed by atoms with Crippen LogP contribution in [0.5, 0.6) is 0 Å². The molecule has 0 fully saturated rings. The molecule has 1 aliphatic heterocycles. The first-order chi connectivity index (χ1) is 12.5. The summed E-state index contributed by atoms with van der Waals surface area (Å²) in [6.07, 6.45) is 0. The zero-order chi connectivity index (χ0) is 20.1. The van der Waals surface area contributed by atoms with Crippen LogP contribution in [0.4, 0.5) is 0 Å². The number of sulfone groups is 1. The van der Waals surface area contributed by atoms with Crippen LogP contribution in [0.3, 0.4) is 0 Å². The summed E-state index contributed by atoms with van der Waals surface area (Å²) in [7, 11) is -6.99. The van der Waals surface area contributed by atoms with Gasteiger partial charge in [-0.15, -0.1) is 0 Å². The largest absolute Gasteiger partial charge is 0.465 e. The van der Waals surface area contributed by atoms with Crippen molar-refractivity contribution >= 4 is 31.9 Å². The van der Waals surface area contributed by atoms with E-state index in [1.807, 2.05) is 0 Å². The van der Waals surface area contributed by atoms with Crippen LogP contribution in [-0.4, -0.2) is 47.5 Å². The van der Waals surface area contributed by atoms with Gasteiger partial charge in [0.1, 0.15) is 4.90 Å². The number of benzene rings is 2. The molecule has 0 saturated carbocycles. The summed E-state index contributed by atoms with van der Waals surface area (Å²) in [5.74, 6) is -1.77. The standard InChI is InChI=1S/C16H12O9S2/c1-24-15(17)8-3-4-10-11(5-8)26(19,20)12-6-9(16(18)25-2)7-13(14(10)12)27(21,22)23/h3-7H,1-2H3,(H,21,22,23). The van der Waals surface area contributed by atoms with E-state index < -0.39 is 41.7 Å². The number of esters is 2. The number of rotatable bonds is 3. The van der Waals surface area contributed by atoms with Crippen LogP contribution in [0.15, 0.2) is 45.0 Å². The first kappa shape index (κ1) is 19.0. The average Bonchev–Trinajstić information content (AvgIpc) is 2.86. The predicted molar refractivity (Wildman–Crippen MR) is 89.8 cm³/mol. The molecular weight excluding hydrogens is 400 g/mol. The molecule has 1 N–H and O–H groups in total. The lowest BCUT2D eigenvalue weighted by atomic mass is 10.0. The summed E-state index contributed by atoms with van der Waals surface area (Å²) in [6.45, 7) is 0. The summed E-state index contributed by atoms with van der Waals surface area (Å²) in [5.41, 5.74) is -0.735. The molecule has 2 aromatic carbocycles. The van der Waals surface area contributed by atoms with Gasteiger partial charge in [0.15, 0.2) is 0 Å². The third-order valence-corrected chi connectivity index (χ3v) is 6.71. The Bertz CT molecular complexity index is 1210. The van der Waals surface area contributed by atoms with Crippen LogP contribution >= 0.6 is 0 Å². The van der Waals surface area contributed by atoms with Crippen molar-refractivity contribution in [2.24, 2.45) is 0 Å². The fraction of sp³-hybridized carbons (Fsp3) is 0.125. The van der Waals surface area contributed by atoms with Gasteiger partial charge in [0, 0.05) is 11.1 Å². The molecule has 3 rings (SSSR count). The average molecular weight is 412 g/mol. The lowest BCUT2D eigenvalue weighted by molar-refractivity contribution is 0.0591. The Hall–Kier alpha value is -2.76. The van der Waals surface area contributed by atoms with E-state index in [1.165, 1.54) is 12.1 Å². The number of carbonyl (C=O) groups is 2. The van der Waals surface area contributed by atoms with Gasteiger partial charge in [0.05, 0.1) is 35.1 Å². The van der Waals surface area contributed by atoms with Gasteiger partial charge in [-0.05, 0) is 24.3 Å². The van der Waals surface area contributed by atoms with E-state index in [2.05, 4.69) is 9.47 Å². The fourth-order valence-corrected chi connectivity index (χ4v) is 5.39. The lowest BCUT2D eigenvalue weighted by Gasteiger charge is -2.08. The predicted octanol–water partition coefficient (Wildman–Crippen LogP) is 1.32. The Morgan fingerprint density at radius 2 is 1.48 bits per heavy atom. The zero-order valence-corrected chi connectivity index (χ0v) is 15.5. The number of ether oxygens (including phenoxy) is 2. The van der Waals surface area contributed by atoms with Gasteiger partial charge >= 0.3 is 11.9 Å². The molecule has 0 amide bonds. The number of carbonyl (C=O) groups excluding carboxylic acids is 2. The normalized spacial score (nSPS) is 14.2. The van der Waals surface area contributed by atoms with Crippen LogP contribution in [0.1, 0.15) is 20.7 Å². The van der Waals surface area contributed by atoms with Crippen molar-refractivity contribution in [3.8, 4) is 11.1 Å². The summed E-state index contributed by atoms with van der Waals surface area (Å²) in [6, 6.07) is 5.33. The van der Waals surface area contributed by atoms with Gasteiger partial charge in [-0.1, -0.05) is 6.07 Å². The van der Waals surface area contributed by atoms with Gasteiger partial charge in [-0.2, -0.15) is 8.42 Å². The summed E-state index contributed by atoms with van der Waals surface area (Å²) in [4.78, 5) is 21.9. The molecule has 0 bridgehead atoms. The number of hydrogen-bond donors (Lipinski definition) is 1. The highest BCUT2D eigenvalue weighted by molar-refractivity contribution is 7.92. The molecule has 2 aromatic rings. The number of fused-ring (bicyclic) bond motifs is 3. The van der Waals surface area contributed by atoms with Crippen LogP contribution in [-0.2, 0) is 29.4 Å². The number of hydrogen-bond acceptors (Lipinski definition) is 8. The van der Waals surface area contributed by atoms with Crippen molar-refractivity contribution in [1.82, 2.24) is 0 Å². The smallest absolute Gasteiger partial charge is 0.337 e. The van der Waals surface area contributed by atoms with Crippen LogP contribution in [0.2, 0.25) is 0 Å². The molecule has 0 spiro atoms. The highest BCUT2D eigenvalue weighted by Crippen LogP contribution is 2.47. The minimum Gasteiger partial charge on any atom is -0.465 e. The molecule has 27 heavy (non-hydrogen) atoms. The van der Waals surface area contributed by atoms with Crippen molar-refractivity contribution in [2.45, 2.75) is 14.7 Å². The monoisotopic (exact) mass is 412 g/mol. The van der Waals surface area contributed by atoms with Crippen molar-refractivity contribution in [1.29, 1.82) is 0 Å². The SMILES string of the molecule is COC(=O)c1ccc2c(c1)S(=O)(=O)c1cc(C(=O)OC)cc(S(=O)(=O)O)c1-2. The molecular formula is C16H12O9S2. The van der Waals surface area contributed by atoms with Crippen LogP contribution < -0.4 is 0 Å². The Kier molecular flexibility index (Phi) is 4.33. The first-order valence-electron chi connectivity index (χ1n) is 7.24. The molecule has 0 aromatic heterocycles. The van der Waals surface area contributed by atoms with Gasteiger partial charge in [-0.25, -0.2) is 18.0 Å². The molecule has 142 valence electrons. The van der Waals surface area contributed by atoms with E-state index in [0.29, 0.717) is 0 Å². The number of methoxy groups -OCH3 is 2. The van der Waals surface area contributed by atoms with Crippen LogP contribution in [0, 0.1) is 0 Å². The maximum Gasteiger partial charge on any atom is 0.337 e. The van der Waals surface area contributed by atoms with Gasteiger partial charge in [0.2, 0.25) is 9.84 Å². The maximum atomic E-state index is 12.9. The van der Waals surface area contributed by atoms with Gasteiger partial charge in [-0.3, -0.25) is 4.55 Å². The van der Waals surface area contributed by atoms with Crippen molar-refractivity contribution in [3.05, 3.63) is 41.5 Å². The van der Waals surface area contributed by atoms with E-state index >= 15 is 0 Å². The van der Waals surface area contributed by atoms with Gasteiger partial charge < -0.3 is 9.47 Å². The zero-order valence-electron chi connectivity index (χ0n) is 13.9. The van der Waals surface area contributed by atoms with Crippen LogP contribution in [0.25, 0.3) is 11.1 Å². The van der Waals surface area contributed by atoms with E-state index in [1.54, 1.807) is 0 Å². The summed E-state index contributed by atoms with van der Waals surface area (Å²) < 4.78 is 68.1. The first-order valence-corrected chi connectivity index (χ1v) is 10.2. The topological polar surface area (TPSA) is 141 Å². The minimum atomic E-state index is -4.88. The molecule has 0 atom stereocenters. The quantitative estimate of drug-likeness (QED) is 0.498. The van der Waals surface area contributed by atoms with Crippen molar-refractivity contribution in [2.75, 3.05) is 14.2 Å². The second kappa shape index (κ2) is 6.15.